The number of nitrogens with zero attached hydrogens (tertiary/aromatic N) is 1. The second-order valence-electron chi connectivity index (χ2n) is 5.06. The minimum atomic E-state index is -0.497. The lowest BCUT2D eigenvalue weighted by Crippen LogP contribution is -2.45. The number of carbonyl (C=O) groups is 2. The van der Waals surface area contributed by atoms with Crippen LogP contribution in [0.4, 0.5) is 4.79 Å². The molecule has 1 amide bonds. The van der Waals surface area contributed by atoms with Crippen molar-refractivity contribution >= 4 is 11.9 Å². The van der Waals surface area contributed by atoms with Crippen molar-refractivity contribution in [2.45, 2.75) is 39.7 Å². The lowest BCUT2D eigenvalue weighted by molar-refractivity contribution is -0.126. The van der Waals surface area contributed by atoms with E-state index in [9.17, 15) is 9.59 Å². The quantitative estimate of drug-likeness (QED) is 0.616. The monoisotopic (exact) mass is 213 g/mol. The second-order valence-corrected chi connectivity index (χ2v) is 5.06. The molecule has 0 radical (unpaired) electrons. The van der Waals surface area contributed by atoms with Gasteiger partial charge in [0.2, 0.25) is 0 Å². The highest BCUT2D eigenvalue weighted by Gasteiger charge is 2.29. The van der Waals surface area contributed by atoms with E-state index in [4.69, 9.17) is 4.74 Å². The highest BCUT2D eigenvalue weighted by atomic mass is 16.6. The van der Waals surface area contributed by atoms with Crippen molar-refractivity contribution < 1.29 is 14.3 Å². The molecular weight excluding hydrogens is 194 g/mol. The Bertz CT molecular complexity index is 267. The van der Waals surface area contributed by atoms with Crippen molar-refractivity contribution in [1.82, 2.24) is 4.90 Å². The summed E-state index contributed by atoms with van der Waals surface area (Å²) < 4.78 is 5.20. The first-order valence-electron chi connectivity index (χ1n) is 5.30. The molecule has 0 aliphatic carbocycles. The largest absolute Gasteiger partial charge is 0.444 e. The van der Waals surface area contributed by atoms with E-state index in [0.717, 1.165) is 6.42 Å². The molecule has 0 aromatic carbocycles. The highest BCUT2D eigenvalue weighted by molar-refractivity contribution is 5.86. The Hall–Kier alpha value is -1.06. The van der Waals surface area contributed by atoms with E-state index in [0.29, 0.717) is 6.54 Å². The molecular formula is C11H19NO3. The van der Waals surface area contributed by atoms with Crippen molar-refractivity contribution in [3.63, 3.8) is 0 Å². The minimum absolute atomic E-state index is 0.0729. The topological polar surface area (TPSA) is 46.6 Å². The zero-order valence-electron chi connectivity index (χ0n) is 9.87. The van der Waals surface area contributed by atoms with E-state index in [-0.39, 0.29) is 24.3 Å². The Balaban J connectivity index is 2.52. The van der Waals surface area contributed by atoms with E-state index in [1.165, 1.54) is 4.90 Å². The Kier molecular flexibility index (Phi) is 3.37. The predicted octanol–water partition coefficient (Wildman–Crippen LogP) is 1.83. The van der Waals surface area contributed by atoms with Gasteiger partial charge in [-0.15, -0.1) is 0 Å². The molecule has 86 valence electrons. The maximum absolute atomic E-state index is 11.6. The van der Waals surface area contributed by atoms with Crippen LogP contribution in [-0.4, -0.2) is 35.5 Å². The fraction of sp³-hybridized carbons (Fsp3) is 0.818. The van der Waals surface area contributed by atoms with Crippen LogP contribution >= 0.6 is 0 Å². The van der Waals surface area contributed by atoms with Gasteiger partial charge < -0.3 is 9.64 Å². The maximum Gasteiger partial charge on any atom is 0.410 e. The molecule has 0 N–H and O–H groups in total. The normalized spacial score (nSPS) is 22.8. The number of amides is 1. The number of piperidine rings is 1. The molecule has 1 unspecified atom stereocenters. The van der Waals surface area contributed by atoms with Gasteiger partial charge in [-0.2, -0.15) is 0 Å². The first-order chi connectivity index (χ1) is 6.79. The summed E-state index contributed by atoms with van der Waals surface area (Å²) in [5.74, 6) is 0.191. The van der Waals surface area contributed by atoms with Crippen LogP contribution < -0.4 is 0 Å². The first kappa shape index (κ1) is 12.0. The predicted molar refractivity (Wildman–Crippen MR) is 56.6 cm³/mol. The summed E-state index contributed by atoms with van der Waals surface area (Å²) >= 11 is 0. The SMILES string of the molecule is CC1CCN(C(=O)OC(C)(C)C)CC1=O. The number of hydrogen-bond donors (Lipinski definition) is 0. The number of Topliss-reactive ketones (excluding diaryl/α,β-unsaturated/α-hetero) is 1. The van der Waals surface area contributed by atoms with Crippen LogP contribution in [0.5, 0.6) is 0 Å². The summed E-state index contributed by atoms with van der Waals surface area (Å²) in [4.78, 5) is 24.5. The van der Waals surface area contributed by atoms with Crippen molar-refractivity contribution in [2.24, 2.45) is 5.92 Å². The summed E-state index contributed by atoms with van der Waals surface area (Å²) in [5.41, 5.74) is -0.497. The molecule has 15 heavy (non-hydrogen) atoms. The van der Waals surface area contributed by atoms with Gasteiger partial charge in [-0.25, -0.2) is 4.79 Å². The zero-order valence-corrected chi connectivity index (χ0v) is 9.87. The molecule has 0 bridgehead atoms. The lowest BCUT2D eigenvalue weighted by Gasteiger charge is -2.31. The van der Waals surface area contributed by atoms with Gasteiger partial charge in [-0.3, -0.25) is 4.79 Å². The number of rotatable bonds is 0. The molecule has 1 rings (SSSR count). The average Bonchev–Trinajstić information content (AvgIpc) is 2.06. The standard InChI is InChI=1S/C11H19NO3/c1-8-5-6-12(7-9(8)13)10(14)15-11(2,3)4/h8H,5-7H2,1-4H3. The molecule has 1 atom stereocenters. The van der Waals surface area contributed by atoms with Crippen molar-refractivity contribution in [3.05, 3.63) is 0 Å². The molecule has 4 heteroatoms. The summed E-state index contributed by atoms with van der Waals surface area (Å²) in [6.45, 7) is 8.16. The smallest absolute Gasteiger partial charge is 0.410 e. The number of hydrogen-bond acceptors (Lipinski definition) is 3. The van der Waals surface area contributed by atoms with E-state index in [1.807, 2.05) is 27.7 Å². The van der Waals surface area contributed by atoms with Gasteiger partial charge >= 0.3 is 6.09 Å². The molecule has 1 saturated heterocycles. The minimum Gasteiger partial charge on any atom is -0.444 e. The number of ketones is 1. The van der Waals surface area contributed by atoms with Gasteiger partial charge in [0.15, 0.2) is 5.78 Å². The van der Waals surface area contributed by atoms with Crippen LogP contribution in [0.2, 0.25) is 0 Å². The summed E-state index contributed by atoms with van der Waals surface area (Å²) in [7, 11) is 0. The average molecular weight is 213 g/mol. The van der Waals surface area contributed by atoms with Crippen LogP contribution in [0.15, 0.2) is 0 Å². The Morgan fingerprint density at radius 3 is 2.53 bits per heavy atom. The molecule has 0 saturated carbocycles. The third-order valence-electron chi connectivity index (χ3n) is 2.38. The number of carbonyl (C=O) groups excluding carboxylic acids is 2. The fourth-order valence-electron chi connectivity index (χ4n) is 1.42. The van der Waals surface area contributed by atoms with Gasteiger partial charge in [0.05, 0.1) is 6.54 Å². The van der Waals surface area contributed by atoms with Crippen molar-refractivity contribution in [3.8, 4) is 0 Å². The summed E-state index contributed by atoms with van der Waals surface area (Å²) in [5, 5.41) is 0. The molecule has 4 nitrogen and oxygen atoms in total. The van der Waals surface area contributed by atoms with Crippen LogP contribution in [0.25, 0.3) is 0 Å². The highest BCUT2D eigenvalue weighted by Crippen LogP contribution is 2.16. The van der Waals surface area contributed by atoms with E-state index in [2.05, 4.69) is 0 Å². The van der Waals surface area contributed by atoms with Gasteiger partial charge in [0.25, 0.3) is 0 Å². The summed E-state index contributed by atoms with van der Waals surface area (Å²) in [6, 6.07) is 0. The maximum atomic E-state index is 11.6. The number of ether oxygens (including phenoxy) is 1. The van der Waals surface area contributed by atoms with Crippen molar-refractivity contribution in [1.29, 1.82) is 0 Å². The Labute approximate surface area is 90.6 Å². The van der Waals surface area contributed by atoms with Crippen LogP contribution in [0, 0.1) is 5.92 Å². The molecule has 0 spiro atoms. The third kappa shape index (κ3) is 3.53. The number of likely N-dealkylation sites (tertiary alicyclic amines) is 1. The summed E-state index contributed by atoms with van der Waals surface area (Å²) in [6.07, 6.45) is 0.348. The fourth-order valence-corrected chi connectivity index (χ4v) is 1.42. The molecule has 1 fully saturated rings. The van der Waals surface area contributed by atoms with E-state index < -0.39 is 5.60 Å². The van der Waals surface area contributed by atoms with E-state index in [1.54, 1.807) is 0 Å². The Morgan fingerprint density at radius 2 is 2.07 bits per heavy atom. The van der Waals surface area contributed by atoms with Gasteiger partial charge in [-0.05, 0) is 27.2 Å². The molecule has 0 aromatic heterocycles. The first-order valence-corrected chi connectivity index (χ1v) is 5.30. The lowest BCUT2D eigenvalue weighted by atomic mass is 9.98. The Morgan fingerprint density at radius 1 is 1.47 bits per heavy atom. The van der Waals surface area contributed by atoms with Crippen LogP contribution in [-0.2, 0) is 9.53 Å². The van der Waals surface area contributed by atoms with Crippen molar-refractivity contribution in [2.75, 3.05) is 13.1 Å². The van der Waals surface area contributed by atoms with Crippen LogP contribution in [0.3, 0.4) is 0 Å². The second kappa shape index (κ2) is 4.21. The molecule has 1 aliphatic rings. The van der Waals surface area contributed by atoms with Gasteiger partial charge in [0, 0.05) is 12.5 Å². The van der Waals surface area contributed by atoms with Gasteiger partial charge in [-0.1, -0.05) is 6.92 Å². The van der Waals surface area contributed by atoms with Gasteiger partial charge in [0.1, 0.15) is 5.60 Å². The molecule has 0 aromatic rings. The van der Waals surface area contributed by atoms with E-state index >= 15 is 0 Å². The van der Waals surface area contributed by atoms with Crippen LogP contribution in [0.1, 0.15) is 34.1 Å². The third-order valence-corrected chi connectivity index (χ3v) is 2.38. The zero-order chi connectivity index (χ0) is 11.6. The molecule has 1 heterocycles. The molecule has 1 aliphatic heterocycles.